The Morgan fingerprint density at radius 3 is 1.60 bits per heavy atom. The normalized spacial score (nSPS) is 10.9. The summed E-state index contributed by atoms with van der Waals surface area (Å²) in [4.78, 5) is 0. The van der Waals surface area contributed by atoms with E-state index in [1.165, 1.54) is 0 Å². The first-order valence-corrected chi connectivity index (χ1v) is 3.42. The van der Waals surface area contributed by atoms with Crippen LogP contribution in [-0.2, 0) is 0 Å². The van der Waals surface area contributed by atoms with Gasteiger partial charge in [0.25, 0.3) is 0 Å². The van der Waals surface area contributed by atoms with Gasteiger partial charge in [-0.2, -0.15) is 17.6 Å². The third-order valence-corrected chi connectivity index (χ3v) is 1.46. The molecule has 15 heavy (non-hydrogen) atoms. The zero-order valence-corrected chi connectivity index (χ0v) is 6.83. The Hall–Kier alpha value is -1.60. The molecule has 0 amide bonds. The number of nitrogen functional groups attached to an aromatic ring is 1. The molecule has 0 radical (unpaired) electrons. The van der Waals surface area contributed by atoms with Gasteiger partial charge >= 0.3 is 6.61 Å². The van der Waals surface area contributed by atoms with Crippen LogP contribution >= 0.6 is 0 Å². The molecule has 2 nitrogen and oxygen atoms in total. The molecule has 0 aliphatic rings. The van der Waals surface area contributed by atoms with E-state index in [0.717, 1.165) is 0 Å². The minimum Gasteiger partial charge on any atom is -0.428 e. The molecular weight excluding hydrogens is 228 g/mol. The molecule has 0 aromatic heterocycles. The highest BCUT2D eigenvalue weighted by atomic mass is 19.3. The van der Waals surface area contributed by atoms with Crippen molar-refractivity contribution in [3.05, 3.63) is 23.3 Å². The van der Waals surface area contributed by atoms with Crippen molar-refractivity contribution in [2.24, 2.45) is 0 Å². The Kier molecular flexibility index (Phi) is 2.96. The van der Waals surface area contributed by atoms with Gasteiger partial charge in [0, 0.05) is 0 Å². The molecule has 1 rings (SSSR count). The average molecular weight is 231 g/mol. The number of rotatable bonds is 2. The molecule has 1 aromatic rings. The van der Waals surface area contributed by atoms with Crippen molar-refractivity contribution in [1.29, 1.82) is 0 Å². The first-order valence-electron chi connectivity index (χ1n) is 3.42. The highest BCUT2D eigenvalue weighted by Crippen LogP contribution is 2.32. The Morgan fingerprint density at radius 1 is 0.867 bits per heavy atom. The van der Waals surface area contributed by atoms with Crippen molar-refractivity contribution in [3.63, 3.8) is 0 Å². The summed E-state index contributed by atoms with van der Waals surface area (Å²) in [5.41, 5.74) is 3.17. The van der Waals surface area contributed by atoms with Crippen LogP contribution in [0, 0.1) is 23.3 Å². The summed E-state index contributed by atoms with van der Waals surface area (Å²) >= 11 is 0. The fourth-order valence-corrected chi connectivity index (χ4v) is 0.821. The first kappa shape index (κ1) is 11.5. The quantitative estimate of drug-likeness (QED) is 0.482. The fraction of sp³-hybridized carbons (Fsp3) is 0.143. The molecule has 8 heteroatoms. The molecule has 0 saturated heterocycles. The molecule has 0 aliphatic carbocycles. The van der Waals surface area contributed by atoms with E-state index in [1.807, 2.05) is 0 Å². The van der Waals surface area contributed by atoms with Crippen molar-refractivity contribution < 1.29 is 31.1 Å². The van der Waals surface area contributed by atoms with Crippen LogP contribution in [0.25, 0.3) is 0 Å². The third-order valence-electron chi connectivity index (χ3n) is 1.46. The maximum absolute atomic E-state index is 12.7. The van der Waals surface area contributed by atoms with Gasteiger partial charge in [0.2, 0.25) is 17.4 Å². The Balaban J connectivity index is 3.39. The van der Waals surface area contributed by atoms with E-state index >= 15 is 0 Å². The lowest BCUT2D eigenvalue weighted by atomic mass is 10.2. The number of hydrogen-bond donors (Lipinski definition) is 1. The first-order chi connectivity index (χ1) is 6.86. The van der Waals surface area contributed by atoms with Crippen LogP contribution in [0.1, 0.15) is 0 Å². The van der Waals surface area contributed by atoms with Crippen molar-refractivity contribution in [2.75, 3.05) is 5.73 Å². The highest BCUT2D eigenvalue weighted by molar-refractivity contribution is 5.47. The van der Waals surface area contributed by atoms with E-state index in [2.05, 4.69) is 10.5 Å². The molecule has 84 valence electrons. The summed E-state index contributed by atoms with van der Waals surface area (Å²) in [6.45, 7) is -3.61. The molecule has 0 unspecified atom stereocenters. The SMILES string of the molecule is Nc1c(F)c(F)c(OC(F)F)c(F)c1F. The molecule has 0 heterocycles. The molecular formula is C7H3F6NO. The predicted molar refractivity (Wildman–Crippen MR) is 37.3 cm³/mol. The van der Waals surface area contributed by atoms with E-state index in [-0.39, 0.29) is 0 Å². The van der Waals surface area contributed by atoms with E-state index in [4.69, 9.17) is 0 Å². The van der Waals surface area contributed by atoms with Gasteiger partial charge in [-0.25, -0.2) is 8.78 Å². The fourth-order valence-electron chi connectivity index (χ4n) is 0.821. The minimum absolute atomic E-state index is 1.44. The number of halogens is 6. The highest BCUT2D eigenvalue weighted by Gasteiger charge is 2.26. The number of hydrogen-bond acceptors (Lipinski definition) is 2. The monoisotopic (exact) mass is 231 g/mol. The molecule has 0 saturated carbocycles. The van der Waals surface area contributed by atoms with Crippen LogP contribution in [0.4, 0.5) is 32.0 Å². The van der Waals surface area contributed by atoms with Gasteiger partial charge in [-0.1, -0.05) is 0 Å². The van der Waals surface area contributed by atoms with Crippen molar-refractivity contribution in [2.45, 2.75) is 6.61 Å². The zero-order chi connectivity index (χ0) is 11.7. The Bertz CT molecular complexity index is 365. The molecule has 2 N–H and O–H groups in total. The summed E-state index contributed by atoms with van der Waals surface area (Å²) in [7, 11) is 0. The zero-order valence-electron chi connectivity index (χ0n) is 6.83. The summed E-state index contributed by atoms with van der Waals surface area (Å²) in [6.07, 6.45) is 0. The smallest absolute Gasteiger partial charge is 0.387 e. The van der Waals surface area contributed by atoms with Gasteiger partial charge < -0.3 is 10.5 Å². The number of benzene rings is 1. The molecule has 0 bridgehead atoms. The van der Waals surface area contributed by atoms with Crippen LogP contribution in [0.2, 0.25) is 0 Å². The van der Waals surface area contributed by atoms with Gasteiger partial charge in [-0.3, -0.25) is 0 Å². The van der Waals surface area contributed by atoms with Crippen molar-refractivity contribution in [1.82, 2.24) is 0 Å². The van der Waals surface area contributed by atoms with Crippen LogP contribution < -0.4 is 10.5 Å². The van der Waals surface area contributed by atoms with Gasteiger partial charge in [-0.05, 0) is 0 Å². The topological polar surface area (TPSA) is 35.2 Å². The van der Waals surface area contributed by atoms with Crippen LogP contribution in [0.3, 0.4) is 0 Å². The number of ether oxygens (including phenoxy) is 1. The summed E-state index contributed by atoms with van der Waals surface area (Å²) < 4.78 is 77.3. The standard InChI is InChI=1S/C7H3F6NO/c8-1-3(10)6(15-7(12)13)4(11)2(9)5(1)14/h7H,14H2. The van der Waals surface area contributed by atoms with Gasteiger partial charge in [0.05, 0.1) is 0 Å². The van der Waals surface area contributed by atoms with E-state index in [9.17, 15) is 26.3 Å². The minimum atomic E-state index is -3.61. The lowest BCUT2D eigenvalue weighted by Gasteiger charge is -2.09. The summed E-state index contributed by atoms with van der Waals surface area (Å²) in [5, 5.41) is 0. The van der Waals surface area contributed by atoms with Crippen molar-refractivity contribution in [3.8, 4) is 5.75 Å². The molecule has 0 aliphatic heterocycles. The number of anilines is 1. The molecule has 0 spiro atoms. The molecule has 0 atom stereocenters. The van der Waals surface area contributed by atoms with Gasteiger partial charge in [-0.15, -0.1) is 0 Å². The number of alkyl halides is 2. The average Bonchev–Trinajstić information content (AvgIpc) is 2.18. The Labute approximate surface area is 79.2 Å². The van der Waals surface area contributed by atoms with Crippen LogP contribution in [0.15, 0.2) is 0 Å². The van der Waals surface area contributed by atoms with Gasteiger partial charge in [0.15, 0.2) is 11.6 Å². The van der Waals surface area contributed by atoms with Crippen molar-refractivity contribution >= 4 is 5.69 Å². The molecule has 0 fully saturated rings. The van der Waals surface area contributed by atoms with E-state index < -0.39 is 41.3 Å². The van der Waals surface area contributed by atoms with Crippen LogP contribution in [0.5, 0.6) is 5.75 Å². The second kappa shape index (κ2) is 3.87. The van der Waals surface area contributed by atoms with Gasteiger partial charge in [0.1, 0.15) is 5.69 Å². The number of nitrogens with two attached hydrogens (primary N) is 1. The van der Waals surface area contributed by atoms with E-state index in [1.54, 1.807) is 0 Å². The van der Waals surface area contributed by atoms with Crippen LogP contribution in [-0.4, -0.2) is 6.61 Å². The maximum Gasteiger partial charge on any atom is 0.387 e. The second-order valence-electron chi connectivity index (χ2n) is 2.38. The molecule has 1 aromatic carbocycles. The summed E-state index contributed by atoms with van der Waals surface area (Å²) in [5.74, 6) is -10.0. The Morgan fingerprint density at radius 2 is 1.27 bits per heavy atom. The third kappa shape index (κ3) is 1.92. The van der Waals surface area contributed by atoms with E-state index in [0.29, 0.717) is 0 Å². The predicted octanol–water partition coefficient (Wildman–Crippen LogP) is 2.43. The largest absolute Gasteiger partial charge is 0.428 e. The second-order valence-corrected chi connectivity index (χ2v) is 2.38. The lowest BCUT2D eigenvalue weighted by Crippen LogP contribution is -2.11. The lowest BCUT2D eigenvalue weighted by molar-refractivity contribution is -0.0553. The summed E-state index contributed by atoms with van der Waals surface area (Å²) in [6, 6.07) is 0. The maximum atomic E-state index is 12.7.